The van der Waals surface area contributed by atoms with Gasteiger partial charge in [-0.15, -0.1) is 0 Å². The van der Waals surface area contributed by atoms with Gasteiger partial charge >= 0.3 is 6.03 Å². The standard InChI is InChI=1S/C14H16N4O2/c15-10-3-1-2-8-9-6-7(13(19)18-14(16)20)4-5-11(9)17-12(8)10/h4-6,10,17H,1-3,15H2,(H3,16,18,19,20). The number of aromatic amines is 1. The summed E-state index contributed by atoms with van der Waals surface area (Å²) in [4.78, 5) is 25.9. The van der Waals surface area contributed by atoms with Crippen molar-refractivity contribution in [3.63, 3.8) is 0 Å². The van der Waals surface area contributed by atoms with Crippen LogP contribution in [0.1, 0.15) is 40.5 Å². The number of carbonyl (C=O) groups excluding carboxylic acids is 2. The summed E-state index contributed by atoms with van der Waals surface area (Å²) in [6, 6.07) is 4.44. The number of H-pyrrole nitrogens is 1. The van der Waals surface area contributed by atoms with Crippen LogP contribution in [0, 0.1) is 0 Å². The van der Waals surface area contributed by atoms with Crippen LogP contribution in [0.5, 0.6) is 0 Å². The number of imide groups is 1. The SMILES string of the molecule is NC(=O)NC(=O)c1ccc2[nH]c3c(c2c1)CCCC3N. The van der Waals surface area contributed by atoms with E-state index >= 15 is 0 Å². The molecule has 2 aromatic rings. The van der Waals surface area contributed by atoms with E-state index in [1.54, 1.807) is 12.1 Å². The first-order valence-electron chi connectivity index (χ1n) is 6.57. The van der Waals surface area contributed by atoms with Gasteiger partial charge in [0, 0.05) is 28.2 Å². The molecule has 3 rings (SSSR count). The molecule has 0 saturated carbocycles. The van der Waals surface area contributed by atoms with E-state index in [9.17, 15) is 9.59 Å². The summed E-state index contributed by atoms with van der Waals surface area (Å²) >= 11 is 0. The Morgan fingerprint density at radius 1 is 1.35 bits per heavy atom. The summed E-state index contributed by atoms with van der Waals surface area (Å²) in [6.07, 6.45) is 2.96. The van der Waals surface area contributed by atoms with E-state index in [2.05, 4.69) is 10.3 Å². The normalized spacial score (nSPS) is 17.8. The Morgan fingerprint density at radius 2 is 2.15 bits per heavy atom. The molecular weight excluding hydrogens is 256 g/mol. The van der Waals surface area contributed by atoms with Gasteiger partial charge in [0.15, 0.2) is 0 Å². The van der Waals surface area contributed by atoms with Gasteiger partial charge in [-0.1, -0.05) is 0 Å². The van der Waals surface area contributed by atoms with Crippen LogP contribution in [0.4, 0.5) is 4.79 Å². The van der Waals surface area contributed by atoms with E-state index < -0.39 is 11.9 Å². The molecule has 0 aliphatic heterocycles. The predicted molar refractivity (Wildman–Crippen MR) is 75.2 cm³/mol. The van der Waals surface area contributed by atoms with Crippen molar-refractivity contribution in [1.82, 2.24) is 10.3 Å². The second-order valence-corrected chi connectivity index (χ2v) is 5.09. The number of carbonyl (C=O) groups is 2. The molecule has 1 heterocycles. The van der Waals surface area contributed by atoms with E-state index in [1.165, 1.54) is 5.56 Å². The van der Waals surface area contributed by atoms with E-state index in [-0.39, 0.29) is 6.04 Å². The molecule has 104 valence electrons. The maximum Gasteiger partial charge on any atom is 0.319 e. The van der Waals surface area contributed by atoms with Crippen LogP contribution in [-0.4, -0.2) is 16.9 Å². The van der Waals surface area contributed by atoms with E-state index in [4.69, 9.17) is 11.5 Å². The number of aryl methyl sites for hydroxylation is 1. The van der Waals surface area contributed by atoms with Crippen LogP contribution in [0.2, 0.25) is 0 Å². The maximum absolute atomic E-state index is 11.8. The Labute approximate surface area is 115 Å². The monoisotopic (exact) mass is 272 g/mol. The van der Waals surface area contributed by atoms with E-state index in [0.717, 1.165) is 35.9 Å². The van der Waals surface area contributed by atoms with Gasteiger partial charge in [-0.25, -0.2) is 4.79 Å². The lowest BCUT2D eigenvalue weighted by Crippen LogP contribution is -2.34. The summed E-state index contributed by atoms with van der Waals surface area (Å²) in [7, 11) is 0. The van der Waals surface area contributed by atoms with Crippen molar-refractivity contribution in [2.24, 2.45) is 11.5 Å². The molecule has 1 unspecified atom stereocenters. The number of nitrogens with one attached hydrogen (secondary N) is 2. The lowest BCUT2D eigenvalue weighted by Gasteiger charge is -2.18. The Balaban J connectivity index is 2.07. The van der Waals surface area contributed by atoms with Crippen LogP contribution in [0.15, 0.2) is 18.2 Å². The zero-order chi connectivity index (χ0) is 14.3. The average Bonchev–Trinajstić information content (AvgIpc) is 2.77. The highest BCUT2D eigenvalue weighted by Crippen LogP contribution is 2.33. The largest absolute Gasteiger partial charge is 0.357 e. The molecule has 0 saturated heterocycles. The summed E-state index contributed by atoms with van der Waals surface area (Å²) < 4.78 is 0. The second-order valence-electron chi connectivity index (χ2n) is 5.09. The first-order chi connectivity index (χ1) is 9.56. The molecule has 1 atom stereocenters. The van der Waals surface area contributed by atoms with Crippen molar-refractivity contribution in [3.8, 4) is 0 Å². The fraction of sp³-hybridized carbons (Fsp3) is 0.286. The van der Waals surface area contributed by atoms with Crippen molar-refractivity contribution >= 4 is 22.8 Å². The molecule has 1 aromatic carbocycles. The highest BCUT2D eigenvalue weighted by molar-refractivity contribution is 6.06. The third kappa shape index (κ3) is 2.04. The fourth-order valence-electron chi connectivity index (χ4n) is 2.82. The number of urea groups is 1. The topological polar surface area (TPSA) is 114 Å². The molecule has 20 heavy (non-hydrogen) atoms. The number of benzene rings is 1. The summed E-state index contributed by atoms with van der Waals surface area (Å²) in [5.41, 5.74) is 14.7. The molecule has 0 radical (unpaired) electrons. The third-order valence-electron chi connectivity index (χ3n) is 3.75. The molecule has 6 heteroatoms. The zero-order valence-corrected chi connectivity index (χ0v) is 10.9. The number of hydrogen-bond donors (Lipinski definition) is 4. The highest BCUT2D eigenvalue weighted by Gasteiger charge is 2.22. The lowest BCUT2D eigenvalue weighted by molar-refractivity contribution is 0.0966. The third-order valence-corrected chi connectivity index (χ3v) is 3.75. The molecule has 0 fully saturated rings. The van der Waals surface area contributed by atoms with Crippen molar-refractivity contribution in [1.29, 1.82) is 0 Å². The Morgan fingerprint density at radius 3 is 2.90 bits per heavy atom. The minimum absolute atomic E-state index is 0.0223. The molecule has 1 aliphatic rings. The van der Waals surface area contributed by atoms with Crippen LogP contribution in [0.25, 0.3) is 10.9 Å². The van der Waals surface area contributed by atoms with Gasteiger partial charge in [-0.05, 0) is 43.0 Å². The summed E-state index contributed by atoms with van der Waals surface area (Å²) in [6.45, 7) is 0. The quantitative estimate of drug-likeness (QED) is 0.627. The number of rotatable bonds is 1. The van der Waals surface area contributed by atoms with Crippen LogP contribution < -0.4 is 16.8 Å². The van der Waals surface area contributed by atoms with E-state index in [1.807, 2.05) is 6.07 Å². The average molecular weight is 272 g/mol. The fourth-order valence-corrected chi connectivity index (χ4v) is 2.82. The predicted octanol–water partition coefficient (Wildman–Crippen LogP) is 1.31. The van der Waals surface area contributed by atoms with E-state index in [0.29, 0.717) is 5.56 Å². The maximum atomic E-state index is 11.8. The number of aromatic nitrogens is 1. The van der Waals surface area contributed by atoms with Gasteiger partial charge in [0.25, 0.3) is 5.91 Å². The number of nitrogens with two attached hydrogens (primary N) is 2. The van der Waals surface area contributed by atoms with Crippen molar-refractivity contribution in [2.45, 2.75) is 25.3 Å². The minimum atomic E-state index is -0.854. The number of primary amides is 1. The van der Waals surface area contributed by atoms with Gasteiger partial charge in [0.05, 0.1) is 0 Å². The minimum Gasteiger partial charge on any atom is -0.357 e. The van der Waals surface area contributed by atoms with Crippen molar-refractivity contribution in [2.75, 3.05) is 0 Å². The molecule has 0 bridgehead atoms. The molecule has 0 spiro atoms. The van der Waals surface area contributed by atoms with Gasteiger partial charge in [-0.3, -0.25) is 10.1 Å². The van der Waals surface area contributed by atoms with Crippen LogP contribution in [-0.2, 0) is 6.42 Å². The Bertz CT molecular complexity index is 705. The van der Waals surface area contributed by atoms with Crippen LogP contribution in [0.3, 0.4) is 0 Å². The van der Waals surface area contributed by atoms with Crippen molar-refractivity contribution in [3.05, 3.63) is 35.0 Å². The summed E-state index contributed by atoms with van der Waals surface area (Å²) in [5, 5.41) is 3.06. The molecule has 6 nitrogen and oxygen atoms in total. The van der Waals surface area contributed by atoms with Gasteiger partial charge < -0.3 is 16.5 Å². The molecule has 3 amide bonds. The highest BCUT2D eigenvalue weighted by atomic mass is 16.2. The molecule has 1 aliphatic carbocycles. The number of amides is 3. The molecule has 1 aromatic heterocycles. The number of hydrogen-bond acceptors (Lipinski definition) is 3. The second kappa shape index (κ2) is 4.64. The molecular formula is C14H16N4O2. The first-order valence-corrected chi connectivity index (χ1v) is 6.57. The zero-order valence-electron chi connectivity index (χ0n) is 10.9. The first kappa shape index (κ1) is 12.7. The van der Waals surface area contributed by atoms with Gasteiger partial charge in [-0.2, -0.15) is 0 Å². The van der Waals surface area contributed by atoms with Gasteiger partial charge in [0.2, 0.25) is 0 Å². The Hall–Kier alpha value is -2.34. The van der Waals surface area contributed by atoms with Crippen molar-refractivity contribution < 1.29 is 9.59 Å². The molecule has 6 N–H and O–H groups in total. The lowest BCUT2D eigenvalue weighted by atomic mass is 9.92. The van der Waals surface area contributed by atoms with Crippen LogP contribution >= 0.6 is 0 Å². The smallest absolute Gasteiger partial charge is 0.319 e. The van der Waals surface area contributed by atoms with Gasteiger partial charge in [0.1, 0.15) is 0 Å². The number of fused-ring (bicyclic) bond motifs is 3. The summed E-state index contributed by atoms with van der Waals surface area (Å²) in [5.74, 6) is -0.491. The Kier molecular flexibility index (Phi) is 2.94.